The Kier molecular flexibility index (Phi) is 10.6. The number of halogens is 1. The molecule has 1 rings (SSSR count). The average Bonchev–Trinajstić information content (AvgIpc) is 2.80. The van der Waals surface area contributed by atoms with E-state index in [0.717, 1.165) is 12.2 Å². The third kappa shape index (κ3) is 8.20. The molecule has 0 aliphatic heterocycles. The van der Waals surface area contributed by atoms with Gasteiger partial charge in [-0.3, -0.25) is 9.48 Å². The summed E-state index contributed by atoms with van der Waals surface area (Å²) in [5, 5.41) is 13.3. The van der Waals surface area contributed by atoms with E-state index in [0.29, 0.717) is 25.5 Å². The van der Waals surface area contributed by atoms with Crippen molar-refractivity contribution in [2.24, 2.45) is 12.0 Å². The van der Waals surface area contributed by atoms with E-state index in [1.165, 1.54) is 0 Å². The Bertz CT molecular complexity index is 472. The van der Waals surface area contributed by atoms with Crippen molar-refractivity contribution in [2.75, 3.05) is 13.1 Å². The van der Waals surface area contributed by atoms with Crippen molar-refractivity contribution in [1.82, 2.24) is 25.7 Å². The van der Waals surface area contributed by atoms with Crippen LogP contribution in [0.2, 0.25) is 0 Å². The summed E-state index contributed by atoms with van der Waals surface area (Å²) >= 11 is 0. The van der Waals surface area contributed by atoms with Crippen LogP contribution in [0.15, 0.2) is 17.3 Å². The summed E-state index contributed by atoms with van der Waals surface area (Å²) in [6, 6.07) is 2.10. The molecule has 22 heavy (non-hydrogen) atoms. The smallest absolute Gasteiger partial charge is 0.221 e. The number of aliphatic imine (C=N–C) groups is 1. The molecule has 0 aliphatic carbocycles. The Morgan fingerprint density at radius 1 is 1.41 bits per heavy atom. The highest BCUT2D eigenvalue weighted by Crippen LogP contribution is 1.97. The number of hydrogen-bond acceptors (Lipinski definition) is 3. The highest BCUT2D eigenvalue weighted by molar-refractivity contribution is 14.0. The Morgan fingerprint density at radius 2 is 2.14 bits per heavy atom. The van der Waals surface area contributed by atoms with Gasteiger partial charge in [0.15, 0.2) is 5.96 Å². The van der Waals surface area contributed by atoms with E-state index in [4.69, 9.17) is 0 Å². The van der Waals surface area contributed by atoms with E-state index in [1.54, 1.807) is 10.9 Å². The minimum absolute atomic E-state index is 0. The molecule has 0 bridgehead atoms. The molecule has 3 N–H and O–H groups in total. The van der Waals surface area contributed by atoms with Crippen LogP contribution in [-0.2, 0) is 18.4 Å². The van der Waals surface area contributed by atoms with Gasteiger partial charge in [-0.1, -0.05) is 0 Å². The number of guanidine groups is 1. The lowest BCUT2D eigenvalue weighted by molar-refractivity contribution is -0.121. The summed E-state index contributed by atoms with van der Waals surface area (Å²) in [5.74, 6) is 0.746. The Balaban J connectivity index is 0.00000441. The van der Waals surface area contributed by atoms with Crippen LogP contribution in [0.25, 0.3) is 0 Å². The maximum Gasteiger partial charge on any atom is 0.221 e. The van der Waals surface area contributed by atoms with Crippen molar-refractivity contribution in [3.05, 3.63) is 18.0 Å². The van der Waals surface area contributed by atoms with Crippen LogP contribution >= 0.6 is 24.0 Å². The van der Waals surface area contributed by atoms with Crippen LogP contribution in [0.3, 0.4) is 0 Å². The summed E-state index contributed by atoms with van der Waals surface area (Å²) < 4.78 is 1.79. The van der Waals surface area contributed by atoms with Gasteiger partial charge in [0.2, 0.25) is 5.91 Å². The molecule has 0 atom stereocenters. The van der Waals surface area contributed by atoms with E-state index in [2.05, 4.69) is 26.0 Å². The highest BCUT2D eigenvalue weighted by atomic mass is 127. The van der Waals surface area contributed by atoms with Crippen LogP contribution in [0.4, 0.5) is 0 Å². The second-order valence-electron chi connectivity index (χ2n) is 5.04. The number of nitrogens with one attached hydrogen (secondary N) is 3. The van der Waals surface area contributed by atoms with Gasteiger partial charge in [0.05, 0.1) is 12.2 Å². The fourth-order valence-corrected chi connectivity index (χ4v) is 1.75. The monoisotopic (exact) mass is 422 g/mol. The van der Waals surface area contributed by atoms with Crippen molar-refractivity contribution >= 4 is 35.8 Å². The van der Waals surface area contributed by atoms with Gasteiger partial charge in [-0.25, -0.2) is 4.99 Å². The zero-order valence-electron chi connectivity index (χ0n) is 13.7. The van der Waals surface area contributed by atoms with E-state index < -0.39 is 0 Å². The summed E-state index contributed by atoms with van der Waals surface area (Å²) in [4.78, 5) is 16.0. The van der Waals surface area contributed by atoms with Gasteiger partial charge in [0.25, 0.3) is 0 Å². The molecule has 1 amide bonds. The molecule has 0 saturated carbocycles. The van der Waals surface area contributed by atoms with Crippen LogP contribution in [0.1, 0.15) is 32.9 Å². The fourth-order valence-electron chi connectivity index (χ4n) is 1.75. The second-order valence-corrected chi connectivity index (χ2v) is 5.04. The van der Waals surface area contributed by atoms with Crippen LogP contribution in [-0.4, -0.2) is 40.8 Å². The molecule has 1 aromatic rings. The molecule has 0 saturated heterocycles. The number of aromatic nitrogens is 2. The Labute approximate surface area is 149 Å². The van der Waals surface area contributed by atoms with Crippen LogP contribution < -0.4 is 16.0 Å². The molecule has 0 fully saturated rings. The van der Waals surface area contributed by atoms with Gasteiger partial charge in [-0.2, -0.15) is 5.10 Å². The predicted molar refractivity (Wildman–Crippen MR) is 99.3 cm³/mol. The third-order valence-corrected chi connectivity index (χ3v) is 2.76. The maximum absolute atomic E-state index is 11.6. The molecule has 0 spiro atoms. The molecule has 0 aliphatic rings. The molecule has 0 unspecified atom stereocenters. The van der Waals surface area contributed by atoms with Crippen molar-refractivity contribution in [2.45, 2.75) is 39.8 Å². The minimum atomic E-state index is 0. The van der Waals surface area contributed by atoms with Crippen molar-refractivity contribution in [3.63, 3.8) is 0 Å². The zero-order valence-corrected chi connectivity index (χ0v) is 16.0. The predicted octanol–water partition coefficient (Wildman–Crippen LogP) is 1.01. The normalized spacial score (nSPS) is 11.0. The number of rotatable bonds is 7. The van der Waals surface area contributed by atoms with Crippen molar-refractivity contribution in [3.8, 4) is 0 Å². The number of hydrogen-bond donors (Lipinski definition) is 3. The summed E-state index contributed by atoms with van der Waals surface area (Å²) in [5.41, 5.74) is 1.03. The van der Waals surface area contributed by atoms with Gasteiger partial charge in [-0.05, 0) is 26.8 Å². The van der Waals surface area contributed by atoms with Crippen LogP contribution in [0, 0.1) is 0 Å². The fraction of sp³-hybridized carbons (Fsp3) is 0.643. The number of aryl methyl sites for hydroxylation is 1. The van der Waals surface area contributed by atoms with E-state index in [1.807, 2.05) is 33.9 Å². The van der Waals surface area contributed by atoms with Gasteiger partial charge < -0.3 is 16.0 Å². The number of nitrogens with zero attached hydrogens (tertiary/aromatic N) is 3. The molecule has 0 aromatic carbocycles. The summed E-state index contributed by atoms with van der Waals surface area (Å²) in [6.45, 7) is 7.78. The first-order chi connectivity index (χ1) is 10.0. The van der Waals surface area contributed by atoms with Gasteiger partial charge in [0.1, 0.15) is 0 Å². The standard InChI is InChI=1S/C14H26N6O.HI/c1-5-15-14(16-8-7-13(21)19-11(2)3)17-10-12-6-9-18-20(12)4;/h6,9,11H,5,7-8,10H2,1-4H3,(H,19,21)(H2,15,16,17);1H. The van der Waals surface area contributed by atoms with Crippen LogP contribution in [0.5, 0.6) is 0 Å². The number of amides is 1. The molecule has 1 heterocycles. The summed E-state index contributed by atoms with van der Waals surface area (Å²) in [7, 11) is 1.89. The second kappa shape index (κ2) is 11.3. The van der Waals surface area contributed by atoms with Gasteiger partial charge in [0, 0.05) is 38.8 Å². The molecule has 8 heteroatoms. The topological polar surface area (TPSA) is 83.3 Å². The van der Waals surface area contributed by atoms with Crippen molar-refractivity contribution < 1.29 is 4.79 Å². The first-order valence-corrected chi connectivity index (χ1v) is 7.31. The largest absolute Gasteiger partial charge is 0.357 e. The molecule has 1 aromatic heterocycles. The van der Waals surface area contributed by atoms with Crippen molar-refractivity contribution in [1.29, 1.82) is 0 Å². The first kappa shape index (κ1) is 20.7. The molecular weight excluding hydrogens is 395 g/mol. The quantitative estimate of drug-likeness (QED) is 0.348. The van der Waals surface area contributed by atoms with E-state index in [9.17, 15) is 4.79 Å². The molecule has 7 nitrogen and oxygen atoms in total. The minimum Gasteiger partial charge on any atom is -0.357 e. The van der Waals surface area contributed by atoms with E-state index in [-0.39, 0.29) is 35.9 Å². The molecular formula is C14H27IN6O. The lowest BCUT2D eigenvalue weighted by atomic mass is 10.3. The average molecular weight is 422 g/mol. The highest BCUT2D eigenvalue weighted by Gasteiger charge is 2.04. The third-order valence-electron chi connectivity index (χ3n) is 2.76. The van der Waals surface area contributed by atoms with Gasteiger partial charge in [-0.15, -0.1) is 24.0 Å². The first-order valence-electron chi connectivity index (χ1n) is 7.31. The lowest BCUT2D eigenvalue weighted by Crippen LogP contribution is -2.40. The maximum atomic E-state index is 11.6. The Hall–Kier alpha value is -1.32. The lowest BCUT2D eigenvalue weighted by Gasteiger charge is -2.12. The number of carbonyl (C=O) groups excluding carboxylic acids is 1. The SMILES string of the molecule is CCNC(=NCc1ccnn1C)NCCC(=O)NC(C)C.I. The van der Waals surface area contributed by atoms with Gasteiger partial charge >= 0.3 is 0 Å². The summed E-state index contributed by atoms with van der Waals surface area (Å²) in [6.07, 6.45) is 2.18. The molecule has 0 radical (unpaired) electrons. The van der Waals surface area contributed by atoms with E-state index >= 15 is 0 Å². The number of carbonyl (C=O) groups is 1. The Morgan fingerprint density at radius 3 is 2.68 bits per heavy atom. The molecule has 126 valence electrons. The zero-order chi connectivity index (χ0) is 15.7.